The molecule has 6 nitrogen and oxygen atoms in total. The summed E-state index contributed by atoms with van der Waals surface area (Å²) in [6, 6.07) is 24.1. The molecule has 0 aliphatic heterocycles. The lowest BCUT2D eigenvalue weighted by molar-refractivity contribution is 0.0697. The van der Waals surface area contributed by atoms with Crippen molar-refractivity contribution in [1.82, 2.24) is 10.2 Å². The normalized spacial score (nSPS) is 10.5. The largest absolute Gasteiger partial charge is 0.488 e. The highest BCUT2D eigenvalue weighted by Crippen LogP contribution is 2.34. The van der Waals surface area contributed by atoms with Gasteiger partial charge in [-0.15, -0.1) is 10.2 Å². The molecule has 0 bridgehead atoms. The number of aromatic carboxylic acids is 1. The summed E-state index contributed by atoms with van der Waals surface area (Å²) in [5, 5.41) is 22.2. The van der Waals surface area contributed by atoms with E-state index < -0.39 is 5.97 Å². The fraction of sp³-hybridized carbons (Fsp3) is 0.0455. The van der Waals surface area contributed by atoms with Crippen LogP contribution in [0.4, 0.5) is 10.8 Å². The van der Waals surface area contributed by atoms with Crippen LogP contribution in [0.5, 0.6) is 5.75 Å². The molecule has 1 heterocycles. The molecular weight excluding hydrogens is 386 g/mol. The van der Waals surface area contributed by atoms with Crippen molar-refractivity contribution in [2.75, 3.05) is 5.32 Å². The van der Waals surface area contributed by atoms with Crippen molar-refractivity contribution in [2.45, 2.75) is 6.61 Å². The Balaban J connectivity index is 1.49. The standard InChI is InChI=1S/C22H17N3O3S/c26-21(27)16-12-10-15(11-13-16)14-28-19-9-5-4-8-18(19)20-24-25-22(29-20)23-17-6-2-1-3-7-17/h1-13H,14H2,(H,23,25)(H,26,27). The summed E-state index contributed by atoms with van der Waals surface area (Å²) < 4.78 is 5.98. The van der Waals surface area contributed by atoms with Gasteiger partial charge in [0.05, 0.1) is 11.1 Å². The number of nitrogens with zero attached hydrogens (tertiary/aromatic N) is 2. The summed E-state index contributed by atoms with van der Waals surface area (Å²) in [6.07, 6.45) is 0. The topological polar surface area (TPSA) is 84.3 Å². The minimum atomic E-state index is -0.945. The number of benzene rings is 3. The monoisotopic (exact) mass is 403 g/mol. The van der Waals surface area contributed by atoms with E-state index in [1.807, 2.05) is 54.6 Å². The average molecular weight is 403 g/mol. The number of rotatable bonds is 7. The van der Waals surface area contributed by atoms with Crippen LogP contribution in [0.15, 0.2) is 78.9 Å². The van der Waals surface area contributed by atoms with Crippen LogP contribution in [-0.4, -0.2) is 21.3 Å². The van der Waals surface area contributed by atoms with Crippen LogP contribution in [0, 0.1) is 0 Å². The van der Waals surface area contributed by atoms with Crippen molar-refractivity contribution in [3.05, 3.63) is 90.0 Å². The predicted octanol–water partition coefficient (Wildman–Crippen LogP) is 5.23. The van der Waals surface area contributed by atoms with Crippen LogP contribution in [0.25, 0.3) is 10.6 Å². The molecule has 0 saturated carbocycles. The van der Waals surface area contributed by atoms with E-state index in [-0.39, 0.29) is 5.56 Å². The Morgan fingerprint density at radius 3 is 2.41 bits per heavy atom. The summed E-state index contributed by atoms with van der Waals surface area (Å²) in [7, 11) is 0. The zero-order valence-electron chi connectivity index (χ0n) is 15.3. The van der Waals surface area contributed by atoms with E-state index >= 15 is 0 Å². The van der Waals surface area contributed by atoms with Crippen molar-refractivity contribution in [2.24, 2.45) is 0 Å². The molecule has 4 rings (SSSR count). The Morgan fingerprint density at radius 2 is 1.66 bits per heavy atom. The fourth-order valence-electron chi connectivity index (χ4n) is 2.70. The number of hydrogen-bond acceptors (Lipinski definition) is 6. The summed E-state index contributed by atoms with van der Waals surface area (Å²) >= 11 is 1.44. The van der Waals surface area contributed by atoms with Gasteiger partial charge in [-0.05, 0) is 42.0 Å². The first-order valence-corrected chi connectivity index (χ1v) is 9.71. The van der Waals surface area contributed by atoms with Gasteiger partial charge in [0.15, 0.2) is 5.01 Å². The van der Waals surface area contributed by atoms with Crippen molar-refractivity contribution >= 4 is 28.1 Å². The Labute approximate surface area is 171 Å². The summed E-state index contributed by atoms with van der Waals surface area (Å²) in [5.41, 5.74) is 2.94. The van der Waals surface area contributed by atoms with Crippen LogP contribution < -0.4 is 10.1 Å². The van der Waals surface area contributed by atoms with Crippen LogP contribution in [0.2, 0.25) is 0 Å². The van der Waals surface area contributed by atoms with Gasteiger partial charge in [0.1, 0.15) is 12.4 Å². The van der Waals surface area contributed by atoms with Gasteiger partial charge in [0.2, 0.25) is 5.13 Å². The smallest absolute Gasteiger partial charge is 0.335 e. The zero-order valence-corrected chi connectivity index (χ0v) is 16.1. The van der Waals surface area contributed by atoms with E-state index in [4.69, 9.17) is 9.84 Å². The maximum absolute atomic E-state index is 11.0. The molecule has 0 saturated heterocycles. The molecule has 0 spiro atoms. The molecule has 1 aromatic heterocycles. The Kier molecular flexibility index (Phi) is 5.49. The maximum Gasteiger partial charge on any atom is 0.335 e. The molecule has 4 aromatic rings. The number of aromatic nitrogens is 2. The lowest BCUT2D eigenvalue weighted by Gasteiger charge is -2.10. The van der Waals surface area contributed by atoms with Gasteiger partial charge in [0, 0.05) is 5.69 Å². The summed E-state index contributed by atoms with van der Waals surface area (Å²) in [4.78, 5) is 11.0. The second-order valence-electron chi connectivity index (χ2n) is 6.19. The zero-order chi connectivity index (χ0) is 20.1. The molecule has 0 radical (unpaired) electrons. The predicted molar refractivity (Wildman–Crippen MR) is 113 cm³/mol. The molecule has 144 valence electrons. The minimum Gasteiger partial charge on any atom is -0.488 e. The number of carboxylic acid groups (broad SMARTS) is 1. The second kappa shape index (κ2) is 8.53. The number of ether oxygens (including phenoxy) is 1. The molecule has 0 atom stereocenters. The third-order valence-electron chi connectivity index (χ3n) is 4.16. The highest BCUT2D eigenvalue weighted by atomic mass is 32.1. The highest BCUT2D eigenvalue weighted by molar-refractivity contribution is 7.18. The number of para-hydroxylation sites is 2. The quantitative estimate of drug-likeness (QED) is 0.440. The van der Waals surface area contributed by atoms with Gasteiger partial charge >= 0.3 is 5.97 Å². The minimum absolute atomic E-state index is 0.251. The third kappa shape index (κ3) is 4.59. The van der Waals surface area contributed by atoms with Gasteiger partial charge < -0.3 is 15.2 Å². The van der Waals surface area contributed by atoms with Crippen molar-refractivity contribution in [3.63, 3.8) is 0 Å². The van der Waals surface area contributed by atoms with Gasteiger partial charge in [-0.3, -0.25) is 0 Å². The number of nitrogens with one attached hydrogen (secondary N) is 1. The van der Waals surface area contributed by atoms with E-state index in [9.17, 15) is 4.79 Å². The molecule has 0 unspecified atom stereocenters. The molecule has 2 N–H and O–H groups in total. The molecular formula is C22H17N3O3S. The van der Waals surface area contributed by atoms with Crippen LogP contribution in [0.3, 0.4) is 0 Å². The fourth-order valence-corrected chi connectivity index (χ4v) is 3.50. The van der Waals surface area contributed by atoms with Crippen molar-refractivity contribution in [3.8, 4) is 16.3 Å². The van der Waals surface area contributed by atoms with E-state index in [1.165, 1.54) is 11.3 Å². The molecule has 0 fully saturated rings. The molecule has 0 amide bonds. The van der Waals surface area contributed by atoms with E-state index in [1.54, 1.807) is 24.3 Å². The van der Waals surface area contributed by atoms with Gasteiger partial charge in [-0.1, -0.05) is 53.8 Å². The second-order valence-corrected chi connectivity index (χ2v) is 7.17. The maximum atomic E-state index is 11.0. The lowest BCUT2D eigenvalue weighted by atomic mass is 10.1. The first kappa shape index (κ1) is 18.6. The molecule has 0 aliphatic rings. The van der Waals surface area contributed by atoms with E-state index in [0.29, 0.717) is 17.5 Å². The Hall–Kier alpha value is -3.71. The SMILES string of the molecule is O=C(O)c1ccc(COc2ccccc2-c2nnc(Nc3ccccc3)s2)cc1. The number of carboxylic acids is 1. The van der Waals surface area contributed by atoms with Crippen LogP contribution in [-0.2, 0) is 6.61 Å². The summed E-state index contributed by atoms with van der Waals surface area (Å²) in [5.74, 6) is -0.253. The van der Waals surface area contributed by atoms with Crippen molar-refractivity contribution in [1.29, 1.82) is 0 Å². The molecule has 7 heteroatoms. The Morgan fingerprint density at radius 1 is 0.931 bits per heavy atom. The highest BCUT2D eigenvalue weighted by Gasteiger charge is 2.12. The van der Waals surface area contributed by atoms with E-state index in [0.717, 1.165) is 21.8 Å². The third-order valence-corrected chi connectivity index (χ3v) is 5.03. The van der Waals surface area contributed by atoms with Crippen molar-refractivity contribution < 1.29 is 14.6 Å². The first-order chi connectivity index (χ1) is 14.2. The van der Waals surface area contributed by atoms with Crippen LogP contribution in [0.1, 0.15) is 15.9 Å². The number of anilines is 2. The molecule has 0 aliphatic carbocycles. The number of hydrogen-bond donors (Lipinski definition) is 2. The van der Waals surface area contributed by atoms with Gasteiger partial charge in [-0.2, -0.15) is 0 Å². The van der Waals surface area contributed by atoms with E-state index in [2.05, 4.69) is 15.5 Å². The Bertz CT molecular complexity index is 1110. The summed E-state index contributed by atoms with van der Waals surface area (Å²) in [6.45, 7) is 0.324. The van der Waals surface area contributed by atoms with Gasteiger partial charge in [-0.25, -0.2) is 4.79 Å². The van der Waals surface area contributed by atoms with Gasteiger partial charge in [0.25, 0.3) is 0 Å². The lowest BCUT2D eigenvalue weighted by Crippen LogP contribution is -1.99. The van der Waals surface area contributed by atoms with Crippen LogP contribution >= 0.6 is 11.3 Å². The average Bonchev–Trinajstić information content (AvgIpc) is 3.22. The first-order valence-electron chi connectivity index (χ1n) is 8.89. The number of carbonyl (C=O) groups is 1. The molecule has 3 aromatic carbocycles. The molecule has 29 heavy (non-hydrogen) atoms.